The van der Waals surface area contributed by atoms with Gasteiger partial charge in [-0.2, -0.15) is 0 Å². The van der Waals surface area contributed by atoms with E-state index in [0.29, 0.717) is 19.6 Å². The van der Waals surface area contributed by atoms with Crippen molar-refractivity contribution in [1.29, 1.82) is 0 Å². The van der Waals surface area contributed by atoms with Crippen LogP contribution in [0.4, 0.5) is 4.79 Å². The first-order valence-electron chi connectivity index (χ1n) is 10.5. The first-order valence-corrected chi connectivity index (χ1v) is 10.5. The third-order valence-corrected chi connectivity index (χ3v) is 4.64. The highest BCUT2D eigenvalue weighted by atomic mass is 16.7. The Morgan fingerprint density at radius 3 is 2.40 bits per heavy atom. The Labute approximate surface area is 179 Å². The minimum atomic E-state index is -0.773. The molecule has 1 amide bonds. The maximum absolute atomic E-state index is 12.6. The molecule has 1 N–H and O–H groups in total. The van der Waals surface area contributed by atoms with Gasteiger partial charge in [0.05, 0.1) is 13.2 Å². The van der Waals surface area contributed by atoms with Crippen LogP contribution in [0.5, 0.6) is 0 Å². The van der Waals surface area contributed by atoms with E-state index in [1.54, 1.807) is 20.8 Å². The number of rotatable bonds is 8. The van der Waals surface area contributed by atoms with E-state index in [1.807, 2.05) is 44.2 Å². The van der Waals surface area contributed by atoms with E-state index in [9.17, 15) is 9.59 Å². The molecule has 1 aromatic rings. The zero-order chi connectivity index (χ0) is 22.2. The van der Waals surface area contributed by atoms with Crippen LogP contribution in [0.25, 0.3) is 0 Å². The summed E-state index contributed by atoms with van der Waals surface area (Å²) in [5.74, 6) is -0.749. The van der Waals surface area contributed by atoms with Crippen molar-refractivity contribution in [3.8, 4) is 0 Å². The average Bonchev–Trinajstić information content (AvgIpc) is 2.66. The molecule has 7 heteroatoms. The fourth-order valence-electron chi connectivity index (χ4n) is 3.03. The molecule has 1 aliphatic rings. The Hall–Kier alpha value is -2.12. The maximum atomic E-state index is 12.6. The molecule has 1 aromatic carbocycles. The van der Waals surface area contributed by atoms with Crippen LogP contribution < -0.4 is 5.32 Å². The van der Waals surface area contributed by atoms with Gasteiger partial charge < -0.3 is 24.3 Å². The molecule has 7 nitrogen and oxygen atoms in total. The number of alkyl carbamates (subject to hydrolysis) is 1. The van der Waals surface area contributed by atoms with Crippen molar-refractivity contribution in [2.75, 3.05) is 13.2 Å². The summed E-state index contributed by atoms with van der Waals surface area (Å²) in [5, 5.41) is 2.66. The van der Waals surface area contributed by atoms with E-state index in [4.69, 9.17) is 18.9 Å². The van der Waals surface area contributed by atoms with Crippen molar-refractivity contribution >= 4 is 12.1 Å². The number of benzene rings is 1. The standard InChI is InChI=1S/C23H35NO6/c1-22(2,3)30-21(26)24-19(20(25)27-14-17-10-7-6-8-11-17)13-9-12-18-15-28-23(4,5)29-16-18/h6-8,10-11,18-19H,9,12-16H2,1-5H3,(H,24,26)/t19-/m0/s1. The van der Waals surface area contributed by atoms with E-state index >= 15 is 0 Å². The Balaban J connectivity index is 1.87. The Morgan fingerprint density at radius 1 is 1.17 bits per heavy atom. The molecule has 0 bridgehead atoms. The van der Waals surface area contributed by atoms with Crippen molar-refractivity contribution in [3.05, 3.63) is 35.9 Å². The third-order valence-electron chi connectivity index (χ3n) is 4.64. The molecular formula is C23H35NO6. The zero-order valence-corrected chi connectivity index (χ0v) is 18.7. The fraction of sp³-hybridized carbons (Fsp3) is 0.652. The van der Waals surface area contributed by atoms with Crippen molar-refractivity contribution in [3.63, 3.8) is 0 Å². The first kappa shape index (κ1) is 24.2. The molecule has 2 rings (SSSR count). The van der Waals surface area contributed by atoms with Gasteiger partial charge in [-0.3, -0.25) is 0 Å². The molecule has 1 atom stereocenters. The van der Waals surface area contributed by atoms with Crippen LogP contribution in [0.1, 0.15) is 59.4 Å². The number of hydrogen-bond donors (Lipinski definition) is 1. The molecule has 1 saturated heterocycles. The summed E-state index contributed by atoms with van der Waals surface area (Å²) in [6.07, 6.45) is 1.37. The van der Waals surface area contributed by atoms with Crippen molar-refractivity contribution in [1.82, 2.24) is 5.32 Å². The molecule has 168 valence electrons. The predicted molar refractivity (Wildman–Crippen MR) is 113 cm³/mol. The summed E-state index contributed by atoms with van der Waals surface area (Å²) in [7, 11) is 0. The first-order chi connectivity index (χ1) is 14.0. The molecule has 1 fully saturated rings. The Kier molecular flexibility index (Phi) is 8.67. The number of nitrogens with one attached hydrogen (secondary N) is 1. The molecule has 0 aromatic heterocycles. The molecular weight excluding hydrogens is 386 g/mol. The lowest BCUT2D eigenvalue weighted by molar-refractivity contribution is -0.262. The van der Waals surface area contributed by atoms with E-state index < -0.39 is 29.5 Å². The van der Waals surface area contributed by atoms with Crippen LogP contribution in [0.15, 0.2) is 30.3 Å². The van der Waals surface area contributed by atoms with Gasteiger partial charge in [-0.25, -0.2) is 9.59 Å². The monoisotopic (exact) mass is 421 g/mol. The topological polar surface area (TPSA) is 83.1 Å². The number of hydrogen-bond acceptors (Lipinski definition) is 6. The van der Waals surface area contributed by atoms with E-state index in [-0.39, 0.29) is 12.5 Å². The maximum Gasteiger partial charge on any atom is 0.408 e. The number of amides is 1. The van der Waals surface area contributed by atoms with Crippen LogP contribution in [0.2, 0.25) is 0 Å². The zero-order valence-electron chi connectivity index (χ0n) is 18.7. The van der Waals surface area contributed by atoms with Gasteiger partial charge in [-0.1, -0.05) is 36.8 Å². The molecule has 0 aliphatic carbocycles. The van der Waals surface area contributed by atoms with Crippen molar-refractivity contribution < 1.29 is 28.5 Å². The van der Waals surface area contributed by atoms with E-state index in [0.717, 1.165) is 18.4 Å². The van der Waals surface area contributed by atoms with Crippen LogP contribution in [0.3, 0.4) is 0 Å². The van der Waals surface area contributed by atoms with Crippen molar-refractivity contribution in [2.24, 2.45) is 5.92 Å². The van der Waals surface area contributed by atoms with Gasteiger partial charge in [0.2, 0.25) is 0 Å². The highest BCUT2D eigenvalue weighted by Gasteiger charge is 2.29. The average molecular weight is 422 g/mol. The second-order valence-electron chi connectivity index (χ2n) is 9.11. The van der Waals surface area contributed by atoms with E-state index in [1.165, 1.54) is 0 Å². The molecule has 0 saturated carbocycles. The van der Waals surface area contributed by atoms with Gasteiger partial charge in [0.15, 0.2) is 5.79 Å². The fourth-order valence-corrected chi connectivity index (χ4v) is 3.03. The molecule has 0 radical (unpaired) electrons. The molecule has 1 aliphatic heterocycles. The number of ether oxygens (including phenoxy) is 4. The third kappa shape index (κ3) is 9.13. The Bertz CT molecular complexity index is 673. The Morgan fingerprint density at radius 2 is 1.80 bits per heavy atom. The van der Waals surface area contributed by atoms with Gasteiger partial charge in [0, 0.05) is 5.92 Å². The molecule has 30 heavy (non-hydrogen) atoms. The number of esters is 1. The summed E-state index contributed by atoms with van der Waals surface area (Å²) in [4.78, 5) is 24.8. The van der Waals surface area contributed by atoms with Crippen LogP contribution >= 0.6 is 0 Å². The molecule has 1 heterocycles. The summed E-state index contributed by atoms with van der Waals surface area (Å²) >= 11 is 0. The highest BCUT2D eigenvalue weighted by molar-refractivity contribution is 5.81. The van der Waals surface area contributed by atoms with Gasteiger partial charge in [-0.15, -0.1) is 0 Å². The van der Waals surface area contributed by atoms with Crippen LogP contribution in [0, 0.1) is 5.92 Å². The molecule has 0 unspecified atom stereocenters. The summed E-state index contributed by atoms with van der Waals surface area (Å²) in [5.41, 5.74) is 0.243. The lowest BCUT2D eigenvalue weighted by Gasteiger charge is -2.35. The normalized spacial score (nSPS) is 17.8. The van der Waals surface area contributed by atoms with Gasteiger partial charge in [0.1, 0.15) is 18.2 Å². The SMILES string of the molecule is CC(C)(C)OC(=O)N[C@@H](CCCC1COC(C)(C)OC1)C(=O)OCc1ccccc1. The quantitative estimate of drug-likeness (QED) is 0.634. The van der Waals surface area contributed by atoms with Gasteiger partial charge >= 0.3 is 12.1 Å². The van der Waals surface area contributed by atoms with Gasteiger partial charge in [0.25, 0.3) is 0 Å². The smallest absolute Gasteiger partial charge is 0.408 e. The number of carbonyl (C=O) groups excluding carboxylic acids is 2. The van der Waals surface area contributed by atoms with E-state index in [2.05, 4.69) is 5.32 Å². The van der Waals surface area contributed by atoms with Crippen LogP contribution in [-0.4, -0.2) is 42.7 Å². The number of carbonyl (C=O) groups is 2. The second-order valence-corrected chi connectivity index (χ2v) is 9.11. The summed E-state index contributed by atoms with van der Waals surface area (Å²) < 4.78 is 22.1. The van der Waals surface area contributed by atoms with Crippen LogP contribution in [-0.2, 0) is 30.3 Å². The van der Waals surface area contributed by atoms with Gasteiger partial charge in [-0.05, 0) is 53.0 Å². The lowest BCUT2D eigenvalue weighted by Crippen LogP contribution is -2.44. The predicted octanol–water partition coefficient (Wildman–Crippen LogP) is 4.19. The second kappa shape index (κ2) is 10.8. The minimum Gasteiger partial charge on any atom is -0.459 e. The summed E-state index contributed by atoms with van der Waals surface area (Å²) in [6, 6.07) is 8.66. The molecule has 0 spiro atoms. The lowest BCUT2D eigenvalue weighted by atomic mass is 10.00. The highest BCUT2D eigenvalue weighted by Crippen LogP contribution is 2.24. The van der Waals surface area contributed by atoms with Crippen molar-refractivity contribution in [2.45, 2.75) is 77.9 Å². The summed E-state index contributed by atoms with van der Waals surface area (Å²) in [6.45, 7) is 10.5. The minimum absolute atomic E-state index is 0.158. The largest absolute Gasteiger partial charge is 0.459 e.